The van der Waals surface area contributed by atoms with E-state index in [1.807, 2.05) is 0 Å². The van der Waals surface area contributed by atoms with Gasteiger partial charge in [0, 0.05) is 0 Å². The summed E-state index contributed by atoms with van der Waals surface area (Å²) in [5.41, 5.74) is 1.43. The molecule has 1 aromatic rings. The molecule has 2 rings (SSSR count). The van der Waals surface area contributed by atoms with E-state index in [4.69, 9.17) is 4.43 Å². The van der Waals surface area contributed by atoms with Crippen molar-refractivity contribution in [3.8, 4) is 5.75 Å². The van der Waals surface area contributed by atoms with Crippen LogP contribution >= 0.6 is 0 Å². The summed E-state index contributed by atoms with van der Waals surface area (Å²) >= 11 is 0. The second-order valence-electron chi connectivity index (χ2n) is 5.92. The van der Waals surface area contributed by atoms with Crippen molar-refractivity contribution in [2.45, 2.75) is 32.5 Å². The van der Waals surface area contributed by atoms with Crippen molar-refractivity contribution in [2.24, 2.45) is 5.92 Å². The first-order chi connectivity index (χ1) is 8.03. The van der Waals surface area contributed by atoms with Crippen LogP contribution in [-0.2, 0) is 6.42 Å². The Morgan fingerprint density at radius 3 is 2.47 bits per heavy atom. The van der Waals surface area contributed by atoms with Gasteiger partial charge in [-0.05, 0) is 69.2 Å². The lowest BCUT2D eigenvalue weighted by Gasteiger charge is -2.19. The van der Waals surface area contributed by atoms with E-state index >= 15 is 0 Å². The van der Waals surface area contributed by atoms with Crippen molar-refractivity contribution in [2.75, 3.05) is 13.1 Å². The SMILES string of the molecule is C[Si](C)(C)Oc1ccc(CC2CCNC2)cc1. The van der Waals surface area contributed by atoms with Gasteiger partial charge in [-0.2, -0.15) is 0 Å². The van der Waals surface area contributed by atoms with Crippen LogP contribution in [0.1, 0.15) is 12.0 Å². The minimum atomic E-state index is -1.46. The third kappa shape index (κ3) is 4.17. The summed E-state index contributed by atoms with van der Waals surface area (Å²) in [7, 11) is -1.46. The summed E-state index contributed by atoms with van der Waals surface area (Å²) in [5.74, 6) is 1.84. The van der Waals surface area contributed by atoms with Crippen LogP contribution in [-0.4, -0.2) is 21.4 Å². The van der Waals surface area contributed by atoms with Crippen LogP contribution in [0.4, 0.5) is 0 Å². The summed E-state index contributed by atoms with van der Waals surface area (Å²) < 4.78 is 5.95. The minimum Gasteiger partial charge on any atom is -0.544 e. The molecule has 0 aromatic heterocycles. The predicted octanol–water partition coefficient (Wildman–Crippen LogP) is 3.05. The van der Waals surface area contributed by atoms with Gasteiger partial charge < -0.3 is 9.74 Å². The lowest BCUT2D eigenvalue weighted by Crippen LogP contribution is -2.29. The maximum absolute atomic E-state index is 5.95. The molecular weight excluding hydrogens is 226 g/mol. The second-order valence-corrected chi connectivity index (χ2v) is 10.4. The molecule has 0 spiro atoms. The van der Waals surface area contributed by atoms with Crippen molar-refractivity contribution in [3.05, 3.63) is 29.8 Å². The normalized spacial score (nSPS) is 20.5. The number of hydrogen-bond acceptors (Lipinski definition) is 2. The fraction of sp³-hybridized carbons (Fsp3) is 0.571. The van der Waals surface area contributed by atoms with Gasteiger partial charge in [0.15, 0.2) is 0 Å². The minimum absolute atomic E-state index is 0.818. The van der Waals surface area contributed by atoms with Gasteiger partial charge in [-0.25, -0.2) is 0 Å². The Morgan fingerprint density at radius 1 is 1.24 bits per heavy atom. The molecule has 0 radical (unpaired) electrons. The maximum Gasteiger partial charge on any atom is 0.242 e. The molecule has 1 fully saturated rings. The van der Waals surface area contributed by atoms with Crippen molar-refractivity contribution in [3.63, 3.8) is 0 Å². The van der Waals surface area contributed by atoms with Crippen LogP contribution in [0.5, 0.6) is 5.75 Å². The maximum atomic E-state index is 5.95. The van der Waals surface area contributed by atoms with E-state index in [-0.39, 0.29) is 0 Å². The molecule has 3 heteroatoms. The molecule has 1 heterocycles. The number of hydrogen-bond donors (Lipinski definition) is 1. The van der Waals surface area contributed by atoms with E-state index < -0.39 is 8.32 Å². The molecule has 1 aliphatic rings. The average molecular weight is 249 g/mol. The standard InChI is InChI=1S/C14H23NOSi/c1-17(2,3)16-14-6-4-12(5-7-14)10-13-8-9-15-11-13/h4-7,13,15H,8-11H2,1-3H3. The Morgan fingerprint density at radius 2 is 1.94 bits per heavy atom. The van der Waals surface area contributed by atoms with E-state index in [2.05, 4.69) is 49.2 Å². The summed E-state index contributed by atoms with van der Waals surface area (Å²) in [6.07, 6.45) is 2.51. The number of benzene rings is 1. The summed E-state index contributed by atoms with van der Waals surface area (Å²) in [4.78, 5) is 0. The van der Waals surface area contributed by atoms with Gasteiger partial charge in [-0.3, -0.25) is 0 Å². The van der Waals surface area contributed by atoms with E-state index in [0.29, 0.717) is 0 Å². The van der Waals surface area contributed by atoms with Crippen LogP contribution in [0.15, 0.2) is 24.3 Å². The smallest absolute Gasteiger partial charge is 0.242 e. The van der Waals surface area contributed by atoms with Crippen LogP contribution < -0.4 is 9.74 Å². The average Bonchev–Trinajstić information content (AvgIpc) is 2.71. The Labute approximate surface area is 106 Å². The number of nitrogens with one attached hydrogen (secondary N) is 1. The zero-order valence-corrected chi connectivity index (χ0v) is 12.1. The van der Waals surface area contributed by atoms with Gasteiger partial charge in [0.1, 0.15) is 5.75 Å². The molecule has 2 nitrogen and oxygen atoms in total. The Balaban J connectivity index is 1.93. The molecule has 0 amide bonds. The van der Waals surface area contributed by atoms with Crippen molar-refractivity contribution >= 4 is 8.32 Å². The monoisotopic (exact) mass is 249 g/mol. The van der Waals surface area contributed by atoms with Crippen LogP contribution in [0, 0.1) is 5.92 Å². The molecule has 1 unspecified atom stereocenters. The van der Waals surface area contributed by atoms with Crippen molar-refractivity contribution < 1.29 is 4.43 Å². The first kappa shape index (κ1) is 12.6. The molecule has 1 aliphatic heterocycles. The molecule has 0 bridgehead atoms. The van der Waals surface area contributed by atoms with Crippen molar-refractivity contribution in [1.29, 1.82) is 0 Å². The molecule has 1 saturated heterocycles. The Bertz CT molecular complexity index is 349. The summed E-state index contributed by atoms with van der Waals surface area (Å²) in [6, 6.07) is 8.67. The van der Waals surface area contributed by atoms with Crippen molar-refractivity contribution in [1.82, 2.24) is 5.32 Å². The summed E-state index contributed by atoms with van der Waals surface area (Å²) in [6.45, 7) is 9.00. The van der Waals surface area contributed by atoms with E-state index in [1.54, 1.807) is 0 Å². The highest BCUT2D eigenvalue weighted by Gasteiger charge is 2.17. The topological polar surface area (TPSA) is 21.3 Å². The van der Waals surface area contributed by atoms with Gasteiger partial charge in [-0.15, -0.1) is 0 Å². The Kier molecular flexibility index (Phi) is 3.89. The molecule has 17 heavy (non-hydrogen) atoms. The zero-order chi connectivity index (χ0) is 12.3. The van der Waals surface area contributed by atoms with Gasteiger partial charge in [-0.1, -0.05) is 12.1 Å². The second kappa shape index (κ2) is 5.23. The fourth-order valence-electron chi connectivity index (χ4n) is 2.27. The van der Waals surface area contributed by atoms with E-state index in [0.717, 1.165) is 11.7 Å². The van der Waals surface area contributed by atoms with Gasteiger partial charge in [0.2, 0.25) is 8.32 Å². The third-order valence-electron chi connectivity index (χ3n) is 3.03. The number of rotatable bonds is 4. The zero-order valence-electron chi connectivity index (χ0n) is 11.1. The third-order valence-corrected chi connectivity index (χ3v) is 3.88. The molecular formula is C14H23NOSi. The molecule has 1 N–H and O–H groups in total. The molecule has 94 valence electrons. The highest BCUT2D eigenvalue weighted by Crippen LogP contribution is 2.20. The first-order valence-electron chi connectivity index (χ1n) is 6.52. The van der Waals surface area contributed by atoms with Gasteiger partial charge in [0.05, 0.1) is 0 Å². The predicted molar refractivity (Wildman–Crippen MR) is 75.1 cm³/mol. The largest absolute Gasteiger partial charge is 0.544 e. The van der Waals surface area contributed by atoms with Crippen LogP contribution in [0.3, 0.4) is 0 Å². The van der Waals surface area contributed by atoms with Gasteiger partial charge >= 0.3 is 0 Å². The van der Waals surface area contributed by atoms with Crippen LogP contribution in [0.2, 0.25) is 19.6 Å². The quantitative estimate of drug-likeness (QED) is 0.828. The summed E-state index contributed by atoms with van der Waals surface area (Å²) in [5, 5.41) is 3.42. The molecule has 1 atom stereocenters. The molecule has 0 saturated carbocycles. The van der Waals surface area contributed by atoms with Crippen LogP contribution in [0.25, 0.3) is 0 Å². The fourth-order valence-corrected chi connectivity index (χ4v) is 3.11. The lowest BCUT2D eigenvalue weighted by molar-refractivity contribution is 0.554. The highest BCUT2D eigenvalue weighted by atomic mass is 28.4. The first-order valence-corrected chi connectivity index (χ1v) is 9.92. The van der Waals surface area contributed by atoms with Gasteiger partial charge in [0.25, 0.3) is 0 Å². The van der Waals surface area contributed by atoms with E-state index in [9.17, 15) is 0 Å². The highest BCUT2D eigenvalue weighted by molar-refractivity contribution is 6.70. The Hall–Kier alpha value is -0.803. The lowest BCUT2D eigenvalue weighted by atomic mass is 9.99. The van der Waals surface area contributed by atoms with E-state index in [1.165, 1.54) is 31.5 Å². The molecule has 1 aromatic carbocycles. The molecule has 0 aliphatic carbocycles.